The molecule has 4 heteroatoms. The second-order valence-electron chi connectivity index (χ2n) is 3.31. The maximum atomic E-state index is 11.5. The number of carbonyl (C=O) groups is 1. The number of carbonyl (C=O) groups excluding carboxylic acids is 1. The van der Waals surface area contributed by atoms with Gasteiger partial charge in [0, 0.05) is 12.6 Å². The van der Waals surface area contributed by atoms with Crippen LogP contribution in [-0.4, -0.2) is 22.7 Å². The second kappa shape index (κ2) is 5.24. The third-order valence-corrected chi connectivity index (χ3v) is 2.04. The lowest BCUT2D eigenvalue weighted by Gasteiger charge is -2.06. The molecule has 1 aromatic rings. The first-order valence-corrected chi connectivity index (χ1v) is 4.95. The molecule has 0 aromatic heterocycles. The van der Waals surface area contributed by atoms with Crippen molar-refractivity contribution in [3.05, 3.63) is 23.8 Å². The normalized spacial score (nSPS) is 9.93. The predicted molar refractivity (Wildman–Crippen MR) is 57.0 cm³/mol. The standard InChI is InChI=1S/C11H15NO3/c1-2-3-6-12-11(15)9-5-4-8(13)7-10(9)14/h4-5,7,13-14H,2-3,6H2,1H3,(H,12,15). The van der Waals surface area contributed by atoms with Crippen molar-refractivity contribution < 1.29 is 15.0 Å². The van der Waals surface area contributed by atoms with E-state index in [1.807, 2.05) is 6.92 Å². The number of amides is 1. The Bertz CT molecular complexity index is 350. The van der Waals surface area contributed by atoms with Crippen molar-refractivity contribution in [2.75, 3.05) is 6.54 Å². The van der Waals surface area contributed by atoms with Gasteiger partial charge < -0.3 is 15.5 Å². The molecule has 1 rings (SSSR count). The summed E-state index contributed by atoms with van der Waals surface area (Å²) < 4.78 is 0. The van der Waals surface area contributed by atoms with Crippen LogP contribution in [0.4, 0.5) is 0 Å². The third-order valence-electron chi connectivity index (χ3n) is 2.04. The summed E-state index contributed by atoms with van der Waals surface area (Å²) in [7, 11) is 0. The molecule has 0 saturated heterocycles. The molecule has 0 fully saturated rings. The van der Waals surface area contributed by atoms with E-state index in [2.05, 4.69) is 5.32 Å². The fraction of sp³-hybridized carbons (Fsp3) is 0.364. The minimum absolute atomic E-state index is 0.0578. The molecule has 0 radical (unpaired) electrons. The molecule has 0 atom stereocenters. The summed E-state index contributed by atoms with van der Waals surface area (Å²) in [5, 5.41) is 21.1. The summed E-state index contributed by atoms with van der Waals surface area (Å²) in [6, 6.07) is 3.91. The van der Waals surface area contributed by atoms with Crippen molar-refractivity contribution in [2.24, 2.45) is 0 Å². The van der Waals surface area contributed by atoms with Crippen molar-refractivity contribution in [2.45, 2.75) is 19.8 Å². The van der Waals surface area contributed by atoms with Crippen LogP contribution in [0, 0.1) is 0 Å². The summed E-state index contributed by atoms with van der Waals surface area (Å²) in [4.78, 5) is 11.5. The van der Waals surface area contributed by atoms with Crippen LogP contribution in [0.3, 0.4) is 0 Å². The average Bonchev–Trinajstić information content (AvgIpc) is 2.17. The number of nitrogens with one attached hydrogen (secondary N) is 1. The van der Waals surface area contributed by atoms with Crippen LogP contribution in [0.15, 0.2) is 18.2 Å². The van der Waals surface area contributed by atoms with E-state index >= 15 is 0 Å². The van der Waals surface area contributed by atoms with Crippen molar-refractivity contribution in [1.29, 1.82) is 0 Å². The third kappa shape index (κ3) is 3.16. The van der Waals surface area contributed by atoms with Gasteiger partial charge in [0.1, 0.15) is 11.5 Å². The molecule has 4 nitrogen and oxygen atoms in total. The summed E-state index contributed by atoms with van der Waals surface area (Å²) in [5.41, 5.74) is 0.184. The average molecular weight is 209 g/mol. The van der Waals surface area contributed by atoms with Gasteiger partial charge in [0.05, 0.1) is 5.56 Å². The van der Waals surface area contributed by atoms with Gasteiger partial charge in [-0.25, -0.2) is 0 Å². The van der Waals surface area contributed by atoms with E-state index in [0.717, 1.165) is 18.9 Å². The first kappa shape index (κ1) is 11.4. The van der Waals surface area contributed by atoms with Gasteiger partial charge in [0.15, 0.2) is 0 Å². The molecule has 15 heavy (non-hydrogen) atoms. The van der Waals surface area contributed by atoms with Crippen molar-refractivity contribution in [3.63, 3.8) is 0 Å². The molecule has 0 saturated carbocycles. The zero-order valence-electron chi connectivity index (χ0n) is 8.66. The van der Waals surface area contributed by atoms with E-state index in [0.29, 0.717) is 6.54 Å². The van der Waals surface area contributed by atoms with Crippen LogP contribution in [0.1, 0.15) is 30.1 Å². The number of hydrogen-bond donors (Lipinski definition) is 3. The number of benzene rings is 1. The lowest BCUT2D eigenvalue weighted by Crippen LogP contribution is -2.24. The monoisotopic (exact) mass is 209 g/mol. The van der Waals surface area contributed by atoms with Crippen molar-refractivity contribution in [3.8, 4) is 11.5 Å². The van der Waals surface area contributed by atoms with Gasteiger partial charge in [-0.3, -0.25) is 4.79 Å². The molecule has 1 aromatic carbocycles. The number of phenolic OH excluding ortho intramolecular Hbond substituents is 2. The highest BCUT2D eigenvalue weighted by Crippen LogP contribution is 2.22. The number of hydrogen-bond acceptors (Lipinski definition) is 3. The van der Waals surface area contributed by atoms with Crippen molar-refractivity contribution >= 4 is 5.91 Å². The fourth-order valence-electron chi connectivity index (χ4n) is 1.19. The Morgan fingerprint density at radius 1 is 1.40 bits per heavy atom. The fourth-order valence-corrected chi connectivity index (χ4v) is 1.19. The zero-order chi connectivity index (χ0) is 11.3. The molecular formula is C11H15NO3. The van der Waals surface area contributed by atoms with Crippen LogP contribution < -0.4 is 5.32 Å². The SMILES string of the molecule is CCCCNC(=O)c1ccc(O)cc1O. The van der Waals surface area contributed by atoms with Gasteiger partial charge in [-0.1, -0.05) is 13.3 Å². The Kier molecular flexibility index (Phi) is 3.97. The highest BCUT2D eigenvalue weighted by atomic mass is 16.3. The lowest BCUT2D eigenvalue weighted by atomic mass is 10.2. The largest absolute Gasteiger partial charge is 0.508 e. The quantitative estimate of drug-likeness (QED) is 0.660. The Labute approximate surface area is 88.6 Å². The maximum Gasteiger partial charge on any atom is 0.255 e. The lowest BCUT2D eigenvalue weighted by molar-refractivity contribution is 0.0950. The molecule has 82 valence electrons. The van der Waals surface area contributed by atoms with Gasteiger partial charge in [-0.15, -0.1) is 0 Å². The van der Waals surface area contributed by atoms with Gasteiger partial charge in [0.2, 0.25) is 0 Å². The molecule has 0 bridgehead atoms. The van der Waals surface area contributed by atoms with Crippen LogP contribution in [0.5, 0.6) is 11.5 Å². The number of aromatic hydroxyl groups is 2. The summed E-state index contributed by atoms with van der Waals surface area (Å²) in [6.07, 6.45) is 1.91. The Morgan fingerprint density at radius 2 is 2.13 bits per heavy atom. The zero-order valence-corrected chi connectivity index (χ0v) is 8.66. The van der Waals surface area contributed by atoms with E-state index in [4.69, 9.17) is 5.11 Å². The van der Waals surface area contributed by atoms with Gasteiger partial charge >= 0.3 is 0 Å². The van der Waals surface area contributed by atoms with Gasteiger partial charge in [-0.05, 0) is 18.6 Å². The number of phenols is 2. The Balaban J connectivity index is 2.65. The molecular weight excluding hydrogens is 194 g/mol. The maximum absolute atomic E-state index is 11.5. The van der Waals surface area contributed by atoms with Gasteiger partial charge in [-0.2, -0.15) is 0 Å². The van der Waals surface area contributed by atoms with Crippen LogP contribution in [-0.2, 0) is 0 Å². The number of unbranched alkanes of at least 4 members (excludes halogenated alkanes) is 1. The smallest absolute Gasteiger partial charge is 0.255 e. The summed E-state index contributed by atoms with van der Waals surface area (Å²) >= 11 is 0. The minimum Gasteiger partial charge on any atom is -0.508 e. The summed E-state index contributed by atoms with van der Waals surface area (Å²) in [6.45, 7) is 2.62. The Morgan fingerprint density at radius 3 is 2.73 bits per heavy atom. The second-order valence-corrected chi connectivity index (χ2v) is 3.31. The van der Waals surface area contributed by atoms with Crippen molar-refractivity contribution in [1.82, 2.24) is 5.32 Å². The molecule has 3 N–H and O–H groups in total. The minimum atomic E-state index is -0.319. The van der Waals surface area contributed by atoms with E-state index in [1.165, 1.54) is 12.1 Å². The van der Waals surface area contributed by atoms with Gasteiger partial charge in [0.25, 0.3) is 5.91 Å². The first-order valence-electron chi connectivity index (χ1n) is 4.95. The van der Waals surface area contributed by atoms with E-state index in [-0.39, 0.29) is 23.0 Å². The first-order chi connectivity index (χ1) is 7.15. The Hall–Kier alpha value is -1.71. The molecule has 0 aliphatic rings. The molecule has 0 aliphatic carbocycles. The summed E-state index contributed by atoms with van der Waals surface area (Å²) in [5.74, 6) is -0.581. The highest BCUT2D eigenvalue weighted by Gasteiger charge is 2.10. The molecule has 0 aliphatic heterocycles. The van der Waals surface area contributed by atoms with E-state index < -0.39 is 0 Å². The molecule has 1 amide bonds. The predicted octanol–water partition coefficient (Wildman–Crippen LogP) is 1.63. The van der Waals surface area contributed by atoms with E-state index in [9.17, 15) is 9.90 Å². The number of rotatable bonds is 4. The van der Waals surface area contributed by atoms with Crippen LogP contribution >= 0.6 is 0 Å². The van der Waals surface area contributed by atoms with Crippen LogP contribution in [0.25, 0.3) is 0 Å². The molecule has 0 unspecified atom stereocenters. The van der Waals surface area contributed by atoms with Crippen LogP contribution in [0.2, 0.25) is 0 Å². The van der Waals surface area contributed by atoms with E-state index in [1.54, 1.807) is 0 Å². The molecule has 0 heterocycles. The molecule has 0 spiro atoms. The highest BCUT2D eigenvalue weighted by molar-refractivity contribution is 5.96. The topological polar surface area (TPSA) is 69.6 Å².